The number of fused-ring (bicyclic) bond motifs is 1. The van der Waals surface area contributed by atoms with Gasteiger partial charge in [-0.25, -0.2) is 4.79 Å². The van der Waals surface area contributed by atoms with Crippen LogP contribution in [0.4, 0.5) is 0 Å². The Balaban J connectivity index is 1.59. The van der Waals surface area contributed by atoms with E-state index in [0.29, 0.717) is 11.5 Å². The van der Waals surface area contributed by atoms with Crippen molar-refractivity contribution in [1.82, 2.24) is 0 Å². The van der Waals surface area contributed by atoms with Crippen LogP contribution in [0.25, 0.3) is 22.9 Å². The number of ether oxygens (including phenoxy) is 2. The first kappa shape index (κ1) is 17.6. The fourth-order valence-corrected chi connectivity index (χ4v) is 3.00. The summed E-state index contributed by atoms with van der Waals surface area (Å²) in [4.78, 5) is 12.1. The number of methoxy groups -OCH3 is 1. The van der Waals surface area contributed by atoms with E-state index in [1.54, 1.807) is 18.2 Å². The summed E-state index contributed by atoms with van der Waals surface area (Å²) in [6.07, 6.45) is 5.49. The van der Waals surface area contributed by atoms with Gasteiger partial charge in [0.25, 0.3) is 0 Å². The molecule has 1 heterocycles. The van der Waals surface area contributed by atoms with Gasteiger partial charge in [0.1, 0.15) is 0 Å². The number of hydrogen-bond donors (Lipinski definition) is 0. The van der Waals surface area contributed by atoms with Crippen LogP contribution in [-0.2, 0) is 0 Å². The van der Waals surface area contributed by atoms with Crippen LogP contribution in [0.3, 0.4) is 0 Å². The minimum Gasteiger partial charge on any atom is -0.493 e. The van der Waals surface area contributed by atoms with Crippen molar-refractivity contribution in [2.45, 2.75) is 0 Å². The molecule has 0 saturated heterocycles. The number of hydrogen-bond acceptors (Lipinski definition) is 4. The highest BCUT2D eigenvalue weighted by atomic mass is 16.6. The maximum Gasteiger partial charge on any atom is 0.379 e. The molecule has 4 rings (SSSR count). The van der Waals surface area contributed by atoms with Crippen LogP contribution in [0.2, 0.25) is 0 Å². The Labute approximate surface area is 162 Å². The number of furan rings is 1. The van der Waals surface area contributed by atoms with Crippen LogP contribution >= 0.6 is 0 Å². The van der Waals surface area contributed by atoms with Crippen molar-refractivity contribution in [3.63, 3.8) is 0 Å². The molecule has 0 aliphatic carbocycles. The molecule has 3 aromatic carbocycles. The van der Waals surface area contributed by atoms with Crippen molar-refractivity contribution in [3.05, 3.63) is 95.9 Å². The quantitative estimate of drug-likeness (QED) is 0.252. The minimum atomic E-state index is -0.567. The summed E-state index contributed by atoms with van der Waals surface area (Å²) in [5, 5.41) is 2.39. The van der Waals surface area contributed by atoms with Gasteiger partial charge in [-0.2, -0.15) is 0 Å². The van der Waals surface area contributed by atoms with Gasteiger partial charge in [0, 0.05) is 0 Å². The zero-order valence-corrected chi connectivity index (χ0v) is 15.3. The molecule has 0 saturated carbocycles. The zero-order valence-electron chi connectivity index (χ0n) is 15.3. The van der Waals surface area contributed by atoms with Crippen LogP contribution in [0.15, 0.2) is 83.5 Å². The van der Waals surface area contributed by atoms with Crippen LogP contribution < -0.4 is 9.47 Å². The van der Waals surface area contributed by atoms with Gasteiger partial charge in [-0.3, -0.25) is 0 Å². The molecule has 0 N–H and O–H groups in total. The lowest BCUT2D eigenvalue weighted by atomic mass is 10.0. The van der Waals surface area contributed by atoms with E-state index in [0.717, 1.165) is 11.1 Å². The average molecular weight is 370 g/mol. The first-order chi connectivity index (χ1) is 13.7. The third-order valence-corrected chi connectivity index (χ3v) is 4.39. The van der Waals surface area contributed by atoms with Gasteiger partial charge in [0.05, 0.1) is 13.4 Å². The average Bonchev–Trinajstić information content (AvgIpc) is 3.28. The first-order valence-corrected chi connectivity index (χ1v) is 8.84. The molecule has 4 aromatic rings. The predicted octanol–water partition coefficient (Wildman–Crippen LogP) is 5.83. The predicted molar refractivity (Wildman–Crippen MR) is 110 cm³/mol. The normalized spacial score (nSPS) is 11.0. The summed E-state index contributed by atoms with van der Waals surface area (Å²) in [5.74, 6) is 0.385. The first-order valence-electron chi connectivity index (χ1n) is 8.84. The van der Waals surface area contributed by atoms with E-state index in [-0.39, 0.29) is 5.76 Å². The zero-order chi connectivity index (χ0) is 19.3. The number of carbonyl (C=O) groups excluding carboxylic acids is 1. The number of rotatable bonds is 5. The molecule has 0 atom stereocenters. The van der Waals surface area contributed by atoms with Gasteiger partial charge in [-0.15, -0.1) is 0 Å². The Morgan fingerprint density at radius 1 is 0.893 bits per heavy atom. The van der Waals surface area contributed by atoms with E-state index in [1.165, 1.54) is 24.1 Å². The lowest BCUT2D eigenvalue weighted by Crippen LogP contribution is -2.08. The summed E-state index contributed by atoms with van der Waals surface area (Å²) in [6, 6.07) is 23.1. The maximum absolute atomic E-state index is 12.1. The molecule has 138 valence electrons. The SMILES string of the molecule is COc1cc(C=Cc2cccc3ccccc23)ccc1OC(=O)c1ccco1. The summed E-state index contributed by atoms with van der Waals surface area (Å²) < 4.78 is 15.8. The highest BCUT2D eigenvalue weighted by Crippen LogP contribution is 2.30. The standard InChI is InChI=1S/C24H18O4/c1-26-23-16-17(12-14-21(23)28-24(25)22-10-5-15-27-22)11-13-19-8-4-7-18-6-2-3-9-20(18)19/h2-16H,1H3. The van der Waals surface area contributed by atoms with Gasteiger partial charge in [-0.05, 0) is 46.2 Å². The van der Waals surface area contributed by atoms with E-state index in [2.05, 4.69) is 30.3 Å². The fourth-order valence-electron chi connectivity index (χ4n) is 3.00. The van der Waals surface area contributed by atoms with E-state index in [1.807, 2.05) is 36.4 Å². The van der Waals surface area contributed by atoms with Crippen LogP contribution in [-0.4, -0.2) is 13.1 Å². The molecule has 0 amide bonds. The molecule has 4 nitrogen and oxygen atoms in total. The Bertz CT molecular complexity index is 1140. The van der Waals surface area contributed by atoms with Crippen LogP contribution in [0, 0.1) is 0 Å². The molecule has 0 spiro atoms. The molecule has 0 radical (unpaired) electrons. The molecule has 0 aliphatic heterocycles. The highest BCUT2D eigenvalue weighted by molar-refractivity contribution is 5.93. The van der Waals surface area contributed by atoms with Crippen molar-refractivity contribution in [2.24, 2.45) is 0 Å². The van der Waals surface area contributed by atoms with Gasteiger partial charge in [0.2, 0.25) is 5.76 Å². The van der Waals surface area contributed by atoms with Crippen molar-refractivity contribution < 1.29 is 18.7 Å². The monoisotopic (exact) mass is 370 g/mol. The van der Waals surface area contributed by atoms with Crippen molar-refractivity contribution in [1.29, 1.82) is 0 Å². The van der Waals surface area contributed by atoms with Gasteiger partial charge in [-0.1, -0.05) is 60.7 Å². The van der Waals surface area contributed by atoms with Crippen molar-refractivity contribution in [3.8, 4) is 11.5 Å². The summed E-state index contributed by atoms with van der Waals surface area (Å²) >= 11 is 0. The van der Waals surface area contributed by atoms with Crippen LogP contribution in [0.1, 0.15) is 21.7 Å². The molecule has 28 heavy (non-hydrogen) atoms. The van der Waals surface area contributed by atoms with Gasteiger partial charge < -0.3 is 13.9 Å². The van der Waals surface area contributed by atoms with Gasteiger partial charge >= 0.3 is 5.97 Å². The lowest BCUT2D eigenvalue weighted by Gasteiger charge is -2.09. The Kier molecular flexibility index (Phi) is 4.93. The Morgan fingerprint density at radius 3 is 2.57 bits per heavy atom. The van der Waals surface area contributed by atoms with E-state index < -0.39 is 5.97 Å². The maximum atomic E-state index is 12.1. The molecule has 4 heteroatoms. The van der Waals surface area contributed by atoms with E-state index >= 15 is 0 Å². The minimum absolute atomic E-state index is 0.141. The summed E-state index contributed by atoms with van der Waals surface area (Å²) in [6.45, 7) is 0. The molecule has 0 aliphatic rings. The molecule has 0 fully saturated rings. The Morgan fingerprint density at radius 2 is 1.75 bits per heavy atom. The number of benzene rings is 3. The topological polar surface area (TPSA) is 48.7 Å². The molecular weight excluding hydrogens is 352 g/mol. The molecule has 0 unspecified atom stereocenters. The fraction of sp³-hybridized carbons (Fsp3) is 0.0417. The van der Waals surface area contributed by atoms with Gasteiger partial charge in [0.15, 0.2) is 11.5 Å². The summed E-state index contributed by atoms with van der Waals surface area (Å²) in [7, 11) is 1.54. The van der Waals surface area contributed by atoms with Crippen molar-refractivity contribution in [2.75, 3.05) is 7.11 Å². The number of carbonyl (C=O) groups is 1. The molecular formula is C24H18O4. The van der Waals surface area contributed by atoms with E-state index in [9.17, 15) is 4.79 Å². The second kappa shape index (κ2) is 7.84. The largest absolute Gasteiger partial charge is 0.493 e. The smallest absolute Gasteiger partial charge is 0.379 e. The van der Waals surface area contributed by atoms with Crippen molar-refractivity contribution >= 4 is 28.9 Å². The molecule has 0 bridgehead atoms. The Hall–Kier alpha value is -3.79. The second-order valence-electron chi connectivity index (χ2n) is 6.18. The van der Waals surface area contributed by atoms with E-state index in [4.69, 9.17) is 13.9 Å². The lowest BCUT2D eigenvalue weighted by molar-refractivity contribution is 0.0696. The third kappa shape index (κ3) is 3.67. The second-order valence-corrected chi connectivity index (χ2v) is 6.18. The molecule has 1 aromatic heterocycles. The van der Waals surface area contributed by atoms with Crippen LogP contribution in [0.5, 0.6) is 11.5 Å². The number of esters is 1. The third-order valence-electron chi connectivity index (χ3n) is 4.39. The highest BCUT2D eigenvalue weighted by Gasteiger charge is 2.14. The summed E-state index contributed by atoms with van der Waals surface area (Å²) in [5.41, 5.74) is 2.06.